The molecule has 0 aromatic heterocycles. The van der Waals surface area contributed by atoms with Gasteiger partial charge >= 0.3 is 5.97 Å². The van der Waals surface area contributed by atoms with Crippen molar-refractivity contribution >= 4 is 5.97 Å². The summed E-state index contributed by atoms with van der Waals surface area (Å²) in [4.78, 5) is 10.8. The third-order valence-corrected chi connectivity index (χ3v) is 1.00. The van der Waals surface area contributed by atoms with Gasteiger partial charge in [0.15, 0.2) is 0 Å². The van der Waals surface area contributed by atoms with Crippen LogP contribution in [0.5, 0.6) is 0 Å². The van der Waals surface area contributed by atoms with Gasteiger partial charge in [-0.1, -0.05) is 12.7 Å². The average molecular weight is 156 g/mol. The number of carbonyl (C=O) groups excluding carboxylic acids is 1. The quantitative estimate of drug-likeness (QED) is 0.361. The lowest BCUT2D eigenvalue weighted by molar-refractivity contribution is -0.140. The fourth-order valence-electron chi connectivity index (χ4n) is 0.498. The normalized spacial score (nSPS) is 8.82. The number of rotatable bonds is 5. The lowest BCUT2D eigenvalue weighted by atomic mass is 10.2. The van der Waals surface area contributed by atoms with E-state index in [2.05, 4.69) is 17.9 Å². The predicted molar refractivity (Wildman–Crippen MR) is 42.0 cm³/mol. The van der Waals surface area contributed by atoms with Crippen molar-refractivity contribution in [2.24, 2.45) is 0 Å². The van der Waals surface area contributed by atoms with Crippen LogP contribution in [0.3, 0.4) is 0 Å². The van der Waals surface area contributed by atoms with Gasteiger partial charge in [0.2, 0.25) is 0 Å². The largest absolute Gasteiger partial charge is 0.460 e. The van der Waals surface area contributed by atoms with Crippen LogP contribution in [0.4, 0.5) is 0 Å². The van der Waals surface area contributed by atoms with E-state index in [1.165, 1.54) is 0 Å². The summed E-state index contributed by atoms with van der Waals surface area (Å²) in [6, 6.07) is 0. The molecule has 0 atom stereocenters. The predicted octanol–water partition coefficient (Wildman–Crippen LogP) is 0.654. The average Bonchev–Trinajstić information content (AvgIpc) is 2.00. The number of esters is 1. The van der Waals surface area contributed by atoms with E-state index in [1.807, 2.05) is 0 Å². The summed E-state index contributed by atoms with van der Waals surface area (Å²) in [6.45, 7) is 6.78. The van der Waals surface area contributed by atoms with Crippen molar-refractivity contribution in [3.05, 3.63) is 24.8 Å². The van der Waals surface area contributed by atoms with E-state index in [0.717, 1.165) is 0 Å². The van der Waals surface area contributed by atoms with Gasteiger partial charge in [-0.3, -0.25) is 0 Å². The minimum Gasteiger partial charge on any atom is -0.460 e. The van der Waals surface area contributed by atoms with Crippen molar-refractivity contribution in [2.45, 2.75) is 6.42 Å². The molecule has 0 saturated carbocycles. The van der Waals surface area contributed by atoms with Crippen LogP contribution in [0.2, 0.25) is 0 Å². The highest BCUT2D eigenvalue weighted by molar-refractivity contribution is 5.87. The Morgan fingerprint density at radius 3 is 2.73 bits per heavy atom. The molecule has 11 heavy (non-hydrogen) atoms. The molecule has 0 amide bonds. The lowest BCUT2D eigenvalue weighted by Crippen LogP contribution is -2.09. The van der Waals surface area contributed by atoms with E-state index in [4.69, 9.17) is 5.11 Å². The van der Waals surface area contributed by atoms with Crippen LogP contribution >= 0.6 is 0 Å². The van der Waals surface area contributed by atoms with Crippen molar-refractivity contribution in [3.63, 3.8) is 0 Å². The van der Waals surface area contributed by atoms with Crippen molar-refractivity contribution in [3.8, 4) is 0 Å². The number of carbonyl (C=O) groups is 1. The fraction of sp³-hybridized carbons (Fsp3) is 0.375. The highest BCUT2D eigenvalue weighted by Gasteiger charge is 2.04. The van der Waals surface area contributed by atoms with E-state index in [-0.39, 0.29) is 13.2 Å². The van der Waals surface area contributed by atoms with Gasteiger partial charge < -0.3 is 9.84 Å². The molecule has 3 heteroatoms. The van der Waals surface area contributed by atoms with E-state index < -0.39 is 5.97 Å². The van der Waals surface area contributed by atoms with Crippen LogP contribution in [0.1, 0.15) is 6.42 Å². The van der Waals surface area contributed by atoms with Crippen LogP contribution in [0, 0.1) is 0 Å². The summed E-state index contributed by atoms with van der Waals surface area (Å²) in [5.41, 5.74) is 0.355. The first kappa shape index (κ1) is 9.91. The number of allylic oxidation sites excluding steroid dienone is 1. The summed E-state index contributed by atoms with van der Waals surface area (Å²) >= 11 is 0. The molecular weight excluding hydrogens is 144 g/mol. The van der Waals surface area contributed by atoms with Crippen molar-refractivity contribution < 1.29 is 14.6 Å². The Bertz CT molecular complexity index is 161. The number of hydrogen-bond donors (Lipinski definition) is 1. The highest BCUT2D eigenvalue weighted by Crippen LogP contribution is 2.00. The summed E-state index contributed by atoms with van der Waals surface area (Å²) in [5.74, 6) is -0.473. The van der Waals surface area contributed by atoms with Gasteiger partial charge in [-0.2, -0.15) is 0 Å². The lowest BCUT2D eigenvalue weighted by Gasteiger charge is -2.02. The second-order valence-electron chi connectivity index (χ2n) is 1.96. The first-order chi connectivity index (χ1) is 5.22. The summed E-state index contributed by atoms with van der Waals surface area (Å²) < 4.78 is 4.57. The monoisotopic (exact) mass is 156 g/mol. The molecule has 0 aliphatic rings. The Kier molecular flexibility index (Phi) is 5.11. The maximum absolute atomic E-state index is 10.8. The Morgan fingerprint density at radius 2 is 2.27 bits per heavy atom. The highest BCUT2D eigenvalue weighted by atomic mass is 16.5. The molecule has 0 aromatic rings. The van der Waals surface area contributed by atoms with E-state index >= 15 is 0 Å². The smallest absolute Gasteiger partial charge is 0.333 e. The third-order valence-electron chi connectivity index (χ3n) is 1.00. The SMILES string of the molecule is C=CCC(=C)C(=O)OCCO. The number of aliphatic hydroxyl groups is 1. The zero-order chi connectivity index (χ0) is 8.69. The van der Waals surface area contributed by atoms with E-state index in [0.29, 0.717) is 12.0 Å². The van der Waals surface area contributed by atoms with Gasteiger partial charge in [-0.05, 0) is 6.42 Å². The van der Waals surface area contributed by atoms with Gasteiger partial charge in [0, 0.05) is 5.57 Å². The first-order valence-electron chi connectivity index (χ1n) is 3.29. The minimum absolute atomic E-state index is 0.0228. The molecular formula is C8H12O3. The molecule has 0 aliphatic carbocycles. The van der Waals surface area contributed by atoms with Gasteiger partial charge in [-0.25, -0.2) is 4.79 Å². The summed E-state index contributed by atoms with van der Waals surface area (Å²) in [6.07, 6.45) is 1.99. The Hall–Kier alpha value is -1.09. The summed E-state index contributed by atoms with van der Waals surface area (Å²) in [5, 5.41) is 8.30. The molecule has 0 aliphatic heterocycles. The summed E-state index contributed by atoms with van der Waals surface area (Å²) in [7, 11) is 0. The van der Waals surface area contributed by atoms with Crippen molar-refractivity contribution in [1.29, 1.82) is 0 Å². The third kappa shape index (κ3) is 4.33. The molecule has 0 radical (unpaired) electrons. The molecule has 0 heterocycles. The molecule has 0 rings (SSSR count). The second-order valence-corrected chi connectivity index (χ2v) is 1.96. The zero-order valence-electron chi connectivity index (χ0n) is 6.38. The maximum atomic E-state index is 10.8. The molecule has 1 N–H and O–H groups in total. The Morgan fingerprint density at radius 1 is 1.64 bits per heavy atom. The van der Waals surface area contributed by atoms with Crippen molar-refractivity contribution in [1.82, 2.24) is 0 Å². The standard InChI is InChI=1S/C8H12O3/c1-3-4-7(2)8(10)11-6-5-9/h3,9H,1-2,4-6H2. The number of ether oxygens (including phenoxy) is 1. The fourth-order valence-corrected chi connectivity index (χ4v) is 0.498. The molecule has 0 saturated heterocycles. The van der Waals surface area contributed by atoms with E-state index in [9.17, 15) is 4.79 Å². The molecule has 0 unspecified atom stereocenters. The number of aliphatic hydroxyl groups excluding tert-OH is 1. The van der Waals surface area contributed by atoms with Crippen LogP contribution < -0.4 is 0 Å². The van der Waals surface area contributed by atoms with Gasteiger partial charge in [0.25, 0.3) is 0 Å². The van der Waals surface area contributed by atoms with E-state index in [1.54, 1.807) is 6.08 Å². The zero-order valence-corrected chi connectivity index (χ0v) is 6.38. The number of hydrogen-bond acceptors (Lipinski definition) is 3. The first-order valence-corrected chi connectivity index (χ1v) is 3.29. The molecule has 0 aromatic carbocycles. The minimum atomic E-state index is -0.473. The molecule has 3 nitrogen and oxygen atoms in total. The topological polar surface area (TPSA) is 46.5 Å². The van der Waals surface area contributed by atoms with Gasteiger partial charge in [-0.15, -0.1) is 6.58 Å². The van der Waals surface area contributed by atoms with Crippen molar-refractivity contribution in [2.75, 3.05) is 13.2 Å². The molecule has 0 fully saturated rings. The van der Waals surface area contributed by atoms with Crippen LogP contribution in [-0.4, -0.2) is 24.3 Å². The Balaban J connectivity index is 3.64. The van der Waals surface area contributed by atoms with Crippen LogP contribution in [0.25, 0.3) is 0 Å². The maximum Gasteiger partial charge on any atom is 0.333 e. The second kappa shape index (κ2) is 5.68. The molecule has 0 spiro atoms. The van der Waals surface area contributed by atoms with Gasteiger partial charge in [0.05, 0.1) is 6.61 Å². The van der Waals surface area contributed by atoms with Gasteiger partial charge in [0.1, 0.15) is 6.61 Å². The Labute approximate surface area is 66.0 Å². The van der Waals surface area contributed by atoms with Crippen LogP contribution in [0.15, 0.2) is 24.8 Å². The molecule has 62 valence electrons. The molecule has 0 bridgehead atoms. The van der Waals surface area contributed by atoms with Crippen LogP contribution in [-0.2, 0) is 9.53 Å².